The first-order chi connectivity index (χ1) is 24.3. The van der Waals surface area contributed by atoms with Crippen LogP contribution >= 0.6 is 0 Å². The van der Waals surface area contributed by atoms with Crippen molar-refractivity contribution in [1.82, 2.24) is 9.13 Å². The van der Waals surface area contributed by atoms with Crippen molar-refractivity contribution in [3.8, 4) is 44.8 Å². The minimum atomic E-state index is 0.106. The van der Waals surface area contributed by atoms with Crippen molar-refractivity contribution >= 4 is 77.5 Å². The van der Waals surface area contributed by atoms with Crippen LogP contribution in [0.4, 0.5) is 0 Å². The summed E-state index contributed by atoms with van der Waals surface area (Å²) in [7, 11) is 0. The zero-order valence-corrected chi connectivity index (χ0v) is 26.4. The van der Waals surface area contributed by atoms with Crippen LogP contribution < -0.4 is 16.4 Å². The molecule has 0 radical (unpaired) electrons. The Bertz CT molecular complexity index is 3160. The predicted molar refractivity (Wildman–Crippen MR) is 207 cm³/mol. The molecule has 0 spiro atoms. The molecule has 0 N–H and O–H groups in total. The highest BCUT2D eigenvalue weighted by atomic mass is 15.0. The fourth-order valence-corrected chi connectivity index (χ4v) is 10.0. The van der Waals surface area contributed by atoms with Gasteiger partial charge in [-0.3, -0.25) is 0 Å². The van der Waals surface area contributed by atoms with Gasteiger partial charge in [0.1, 0.15) is 0 Å². The van der Waals surface area contributed by atoms with Crippen LogP contribution in [0.15, 0.2) is 152 Å². The van der Waals surface area contributed by atoms with Crippen molar-refractivity contribution in [1.29, 1.82) is 0 Å². The lowest BCUT2D eigenvalue weighted by Crippen LogP contribution is -2.59. The lowest BCUT2D eigenvalue weighted by atomic mass is 9.34. The fourth-order valence-electron chi connectivity index (χ4n) is 10.0. The first kappa shape index (κ1) is 24.8. The second-order valence-corrected chi connectivity index (χ2v) is 14.0. The van der Waals surface area contributed by atoms with Crippen LogP contribution in [0.5, 0.6) is 0 Å². The fraction of sp³-hybridized carbons (Fsp3) is 0. The van der Waals surface area contributed by atoms with E-state index in [-0.39, 0.29) is 6.71 Å². The summed E-state index contributed by atoms with van der Waals surface area (Å²) in [6.45, 7) is 0.106. The maximum atomic E-state index is 2.63. The van der Waals surface area contributed by atoms with Crippen molar-refractivity contribution in [3.05, 3.63) is 152 Å². The summed E-state index contributed by atoms with van der Waals surface area (Å²) in [5.74, 6) is 0. The minimum absolute atomic E-state index is 0.106. The van der Waals surface area contributed by atoms with Crippen molar-refractivity contribution in [2.75, 3.05) is 0 Å². The monoisotopic (exact) mass is 616 g/mol. The normalized spacial score (nSPS) is 13.3. The molecule has 3 heteroatoms. The smallest absolute Gasteiger partial charge is 0.252 e. The van der Waals surface area contributed by atoms with Gasteiger partial charge < -0.3 is 9.13 Å². The van der Waals surface area contributed by atoms with Gasteiger partial charge in [0.05, 0.1) is 16.6 Å². The Balaban J connectivity index is 1.32. The molecule has 8 aromatic carbocycles. The molecular weight excluding hydrogens is 591 g/mol. The van der Waals surface area contributed by atoms with Gasteiger partial charge in [0.25, 0.3) is 6.71 Å². The summed E-state index contributed by atoms with van der Waals surface area (Å²) in [6.07, 6.45) is 0. The number of aromatic nitrogens is 2. The van der Waals surface area contributed by atoms with Crippen molar-refractivity contribution in [3.63, 3.8) is 0 Å². The molecule has 0 bridgehead atoms. The molecule has 0 unspecified atom stereocenters. The van der Waals surface area contributed by atoms with E-state index in [0.717, 1.165) is 0 Å². The minimum Gasteiger partial charge on any atom is -0.310 e. The summed E-state index contributed by atoms with van der Waals surface area (Å²) in [4.78, 5) is 0. The van der Waals surface area contributed by atoms with E-state index in [1.165, 1.54) is 116 Å². The third kappa shape index (κ3) is 2.78. The number of nitrogens with zero attached hydrogens (tertiary/aromatic N) is 2. The summed E-state index contributed by atoms with van der Waals surface area (Å²) < 4.78 is 5.20. The highest BCUT2D eigenvalue weighted by Gasteiger charge is 2.42. The van der Waals surface area contributed by atoms with Gasteiger partial charge in [-0.25, -0.2) is 0 Å². The molecule has 3 aliphatic rings. The van der Waals surface area contributed by atoms with Crippen LogP contribution in [0.25, 0.3) is 99.1 Å². The summed E-state index contributed by atoms with van der Waals surface area (Å²) in [6, 6.07) is 57.2. The van der Waals surface area contributed by atoms with E-state index in [2.05, 4.69) is 161 Å². The number of benzene rings is 8. The molecule has 0 saturated heterocycles. The van der Waals surface area contributed by atoms with Gasteiger partial charge >= 0.3 is 0 Å². The maximum Gasteiger partial charge on any atom is 0.252 e. The zero-order valence-electron chi connectivity index (χ0n) is 26.4. The van der Waals surface area contributed by atoms with Gasteiger partial charge in [-0.05, 0) is 84.8 Å². The molecule has 0 saturated carbocycles. The Morgan fingerprint density at radius 3 is 1.86 bits per heavy atom. The number of para-hydroxylation sites is 2. The number of fused-ring (bicyclic) bond motifs is 11. The first-order valence-electron chi connectivity index (χ1n) is 17.2. The van der Waals surface area contributed by atoms with Crippen LogP contribution in [-0.2, 0) is 0 Å². The molecule has 0 amide bonds. The lowest BCUT2D eigenvalue weighted by Gasteiger charge is -2.34. The number of hydrogen-bond acceptors (Lipinski definition) is 0. The van der Waals surface area contributed by atoms with Gasteiger partial charge in [-0.2, -0.15) is 0 Å². The molecule has 4 heterocycles. The Morgan fingerprint density at radius 1 is 0.388 bits per heavy atom. The van der Waals surface area contributed by atoms with E-state index < -0.39 is 0 Å². The molecule has 222 valence electrons. The zero-order chi connectivity index (χ0) is 31.5. The van der Waals surface area contributed by atoms with Gasteiger partial charge in [0, 0.05) is 38.4 Å². The highest BCUT2D eigenvalue weighted by Crippen LogP contribution is 2.50. The SMILES string of the molecule is c1ccc(-c2cc3c4c(c2)-n2c5cccc6c5c5c7c(cccc7cc(c52)B4c2cccc4c5ccccc5n-3c24)-c2ccccc2-6)cc1. The number of hydrogen-bond donors (Lipinski definition) is 0. The predicted octanol–water partition coefficient (Wildman–Crippen LogP) is 9.49. The van der Waals surface area contributed by atoms with Gasteiger partial charge in [0.2, 0.25) is 0 Å². The van der Waals surface area contributed by atoms with Crippen molar-refractivity contribution < 1.29 is 0 Å². The Hall–Kier alpha value is -6.32. The maximum absolute atomic E-state index is 2.63. The van der Waals surface area contributed by atoms with E-state index >= 15 is 0 Å². The third-order valence-electron chi connectivity index (χ3n) is 11.8. The average molecular weight is 617 g/mol. The molecule has 2 nitrogen and oxygen atoms in total. The molecule has 1 aliphatic carbocycles. The third-order valence-corrected chi connectivity index (χ3v) is 11.8. The van der Waals surface area contributed by atoms with Gasteiger partial charge in [-0.1, -0.05) is 127 Å². The standard InChI is InChI=1S/C46H25BN2/c1-2-11-26(12-3-1)28-24-39-44-40(25-28)49-38-22-10-18-33-30-15-5-4-14-29(30)32-17-8-13-27-23-36(46(49)43(41(27)32)42(33)38)47(44)35-20-9-19-34-31-16-6-7-21-37(31)48(39)45(34)35/h1-25H. The van der Waals surface area contributed by atoms with E-state index in [1.807, 2.05) is 0 Å². The van der Waals surface area contributed by atoms with Crippen LogP contribution in [0.3, 0.4) is 0 Å². The summed E-state index contributed by atoms with van der Waals surface area (Å²) in [5.41, 5.74) is 19.7. The first-order valence-corrected chi connectivity index (χ1v) is 17.2. The van der Waals surface area contributed by atoms with E-state index in [1.54, 1.807) is 0 Å². The molecular formula is C46H25BN2. The topological polar surface area (TPSA) is 9.86 Å². The molecule has 10 aromatic rings. The second kappa shape index (κ2) is 8.39. The molecule has 2 aliphatic heterocycles. The Labute approximate surface area is 282 Å². The van der Waals surface area contributed by atoms with Crippen LogP contribution in [0.2, 0.25) is 0 Å². The second-order valence-electron chi connectivity index (χ2n) is 14.0. The van der Waals surface area contributed by atoms with E-state index in [9.17, 15) is 0 Å². The average Bonchev–Trinajstić information content (AvgIpc) is 3.65. The summed E-state index contributed by atoms with van der Waals surface area (Å²) in [5, 5.41) is 8.07. The van der Waals surface area contributed by atoms with Crippen molar-refractivity contribution in [2.45, 2.75) is 0 Å². The van der Waals surface area contributed by atoms with Crippen LogP contribution in [0.1, 0.15) is 0 Å². The highest BCUT2D eigenvalue weighted by molar-refractivity contribution is 7.00. The largest absolute Gasteiger partial charge is 0.310 e. The van der Waals surface area contributed by atoms with Crippen LogP contribution in [0, 0.1) is 0 Å². The van der Waals surface area contributed by atoms with Crippen LogP contribution in [-0.4, -0.2) is 15.8 Å². The van der Waals surface area contributed by atoms with Gasteiger partial charge in [0.15, 0.2) is 0 Å². The molecule has 0 atom stereocenters. The number of rotatable bonds is 1. The van der Waals surface area contributed by atoms with Crippen molar-refractivity contribution in [2.24, 2.45) is 0 Å². The molecule has 13 rings (SSSR count). The van der Waals surface area contributed by atoms with E-state index in [4.69, 9.17) is 0 Å². The van der Waals surface area contributed by atoms with Gasteiger partial charge in [-0.15, -0.1) is 0 Å². The van der Waals surface area contributed by atoms with E-state index in [0.29, 0.717) is 0 Å². The quantitative estimate of drug-likeness (QED) is 0.163. The Kier molecular flexibility index (Phi) is 4.25. The molecule has 49 heavy (non-hydrogen) atoms. The molecule has 0 fully saturated rings. The molecule has 2 aromatic heterocycles. The lowest BCUT2D eigenvalue weighted by molar-refractivity contribution is 1.14. The Morgan fingerprint density at radius 2 is 1.02 bits per heavy atom. The summed E-state index contributed by atoms with van der Waals surface area (Å²) >= 11 is 0.